The monoisotopic (exact) mass is 387 g/mol. The molecule has 1 fully saturated rings. The third-order valence-electron chi connectivity index (χ3n) is 5.22. The second kappa shape index (κ2) is 7.18. The van der Waals surface area contributed by atoms with Crippen molar-refractivity contribution >= 4 is 34.0 Å². The van der Waals surface area contributed by atoms with Crippen molar-refractivity contribution in [2.45, 2.75) is 6.92 Å². The van der Waals surface area contributed by atoms with E-state index < -0.39 is 0 Å². The molecule has 146 valence electrons. The van der Waals surface area contributed by atoms with Gasteiger partial charge in [0.1, 0.15) is 12.1 Å². The van der Waals surface area contributed by atoms with E-state index in [4.69, 9.17) is 4.74 Å². The van der Waals surface area contributed by atoms with Crippen LogP contribution in [0.25, 0.3) is 16.6 Å². The number of aromatic nitrogens is 3. The fraction of sp³-hybridized carbons (Fsp3) is 0.227. The zero-order valence-corrected chi connectivity index (χ0v) is 16.1. The highest BCUT2D eigenvalue weighted by Crippen LogP contribution is 2.32. The molecule has 0 radical (unpaired) electrons. The number of pyridine rings is 1. The maximum atomic E-state index is 13.4. The van der Waals surface area contributed by atoms with E-state index in [0.29, 0.717) is 18.8 Å². The van der Waals surface area contributed by atoms with E-state index in [0.717, 1.165) is 46.7 Å². The standard InChI is InChI=1S/C22H21N5O2/c1-15-5-4-6-16(13-15)25-22(28)18-17-7-2-3-8-27(17)21-19(18)20(23-14-24-21)26-9-11-29-12-10-26/h2-8,13-14H,9-12H2,1H3,(H,25,28). The minimum Gasteiger partial charge on any atom is -0.378 e. The van der Waals surface area contributed by atoms with E-state index in [9.17, 15) is 4.79 Å². The highest BCUT2D eigenvalue weighted by molar-refractivity contribution is 6.20. The molecule has 7 nitrogen and oxygen atoms in total. The van der Waals surface area contributed by atoms with Crippen molar-refractivity contribution in [3.05, 3.63) is 66.1 Å². The van der Waals surface area contributed by atoms with Gasteiger partial charge in [0.25, 0.3) is 5.91 Å². The summed E-state index contributed by atoms with van der Waals surface area (Å²) in [4.78, 5) is 24.6. The van der Waals surface area contributed by atoms with Gasteiger partial charge in [-0.25, -0.2) is 9.97 Å². The number of fused-ring (bicyclic) bond motifs is 3. The van der Waals surface area contributed by atoms with Crippen molar-refractivity contribution in [1.82, 2.24) is 14.4 Å². The summed E-state index contributed by atoms with van der Waals surface area (Å²) in [6.45, 7) is 4.76. The summed E-state index contributed by atoms with van der Waals surface area (Å²) < 4.78 is 7.44. The van der Waals surface area contributed by atoms with Crippen molar-refractivity contribution in [3.63, 3.8) is 0 Å². The fourth-order valence-electron chi connectivity index (χ4n) is 3.89. The van der Waals surface area contributed by atoms with E-state index in [1.54, 1.807) is 6.33 Å². The lowest BCUT2D eigenvalue weighted by molar-refractivity contribution is 0.102. The molecule has 1 saturated heterocycles. The average molecular weight is 387 g/mol. The van der Waals surface area contributed by atoms with Crippen LogP contribution in [0.2, 0.25) is 0 Å². The molecule has 4 aromatic rings. The van der Waals surface area contributed by atoms with Gasteiger partial charge in [-0.1, -0.05) is 18.2 Å². The second-order valence-corrected chi connectivity index (χ2v) is 7.15. The maximum absolute atomic E-state index is 13.4. The topological polar surface area (TPSA) is 71.8 Å². The van der Waals surface area contributed by atoms with Crippen LogP contribution in [0.3, 0.4) is 0 Å². The number of carbonyl (C=O) groups excluding carboxylic acids is 1. The van der Waals surface area contributed by atoms with E-state index in [-0.39, 0.29) is 5.91 Å². The van der Waals surface area contributed by atoms with Crippen molar-refractivity contribution in [1.29, 1.82) is 0 Å². The normalized spacial score (nSPS) is 14.4. The number of morpholine rings is 1. The predicted octanol–water partition coefficient (Wildman–Crippen LogP) is 3.28. The van der Waals surface area contributed by atoms with E-state index in [1.165, 1.54) is 0 Å². The molecule has 0 spiro atoms. The van der Waals surface area contributed by atoms with Gasteiger partial charge >= 0.3 is 0 Å². The number of nitrogens with one attached hydrogen (secondary N) is 1. The molecule has 5 rings (SSSR count). The zero-order chi connectivity index (χ0) is 19.8. The number of carbonyl (C=O) groups is 1. The van der Waals surface area contributed by atoms with Gasteiger partial charge in [0.15, 0.2) is 5.65 Å². The maximum Gasteiger partial charge on any atom is 0.258 e. The fourth-order valence-corrected chi connectivity index (χ4v) is 3.89. The van der Waals surface area contributed by atoms with Gasteiger partial charge in [-0.2, -0.15) is 0 Å². The SMILES string of the molecule is Cc1cccc(NC(=O)c2c3c(N4CCOCC4)ncnc3n3ccccc23)c1. The van der Waals surface area contributed by atoms with Gasteiger partial charge in [0, 0.05) is 25.0 Å². The Morgan fingerprint density at radius 3 is 2.79 bits per heavy atom. The van der Waals surface area contributed by atoms with Crippen LogP contribution in [0.1, 0.15) is 15.9 Å². The summed E-state index contributed by atoms with van der Waals surface area (Å²) in [7, 11) is 0. The Morgan fingerprint density at radius 1 is 1.10 bits per heavy atom. The first kappa shape index (κ1) is 17.6. The van der Waals surface area contributed by atoms with Gasteiger partial charge in [-0.05, 0) is 36.8 Å². The summed E-state index contributed by atoms with van der Waals surface area (Å²) in [5.41, 5.74) is 3.98. The van der Waals surface area contributed by atoms with Crippen molar-refractivity contribution in [3.8, 4) is 0 Å². The molecular weight excluding hydrogens is 366 g/mol. The second-order valence-electron chi connectivity index (χ2n) is 7.15. The number of hydrogen-bond acceptors (Lipinski definition) is 5. The lowest BCUT2D eigenvalue weighted by Crippen LogP contribution is -2.37. The van der Waals surface area contributed by atoms with E-state index in [1.807, 2.05) is 60.0 Å². The molecular formula is C22H21N5O2. The van der Waals surface area contributed by atoms with Crippen molar-refractivity contribution in [2.75, 3.05) is 36.5 Å². The van der Waals surface area contributed by atoms with Crippen LogP contribution >= 0.6 is 0 Å². The molecule has 0 atom stereocenters. The average Bonchev–Trinajstić information content (AvgIpc) is 3.09. The minimum absolute atomic E-state index is 0.168. The molecule has 0 aliphatic carbocycles. The summed E-state index contributed by atoms with van der Waals surface area (Å²) in [6, 6.07) is 13.6. The van der Waals surface area contributed by atoms with Gasteiger partial charge in [-0.15, -0.1) is 0 Å². The van der Waals surface area contributed by atoms with Crippen LogP contribution in [0.15, 0.2) is 55.0 Å². The molecule has 1 amide bonds. The summed E-state index contributed by atoms with van der Waals surface area (Å²) >= 11 is 0. The summed E-state index contributed by atoms with van der Waals surface area (Å²) in [5, 5.41) is 3.82. The zero-order valence-electron chi connectivity index (χ0n) is 16.1. The number of aryl methyl sites for hydroxylation is 1. The van der Waals surface area contributed by atoms with Gasteiger partial charge in [0.2, 0.25) is 0 Å². The number of hydrogen-bond donors (Lipinski definition) is 1. The van der Waals surface area contributed by atoms with Crippen LogP contribution in [-0.4, -0.2) is 46.6 Å². The van der Waals surface area contributed by atoms with E-state index >= 15 is 0 Å². The largest absolute Gasteiger partial charge is 0.378 e. The Balaban J connectivity index is 1.70. The molecule has 7 heteroatoms. The Morgan fingerprint density at radius 2 is 1.97 bits per heavy atom. The third kappa shape index (κ3) is 3.09. The first-order valence-electron chi connectivity index (χ1n) is 9.67. The van der Waals surface area contributed by atoms with Gasteiger partial charge in [-0.3, -0.25) is 4.79 Å². The lowest BCUT2D eigenvalue weighted by Gasteiger charge is -2.28. The minimum atomic E-state index is -0.168. The molecule has 0 bridgehead atoms. The van der Waals surface area contributed by atoms with Crippen LogP contribution in [0.4, 0.5) is 11.5 Å². The lowest BCUT2D eigenvalue weighted by atomic mass is 10.1. The van der Waals surface area contributed by atoms with Crippen LogP contribution in [0.5, 0.6) is 0 Å². The highest BCUT2D eigenvalue weighted by atomic mass is 16.5. The first-order chi connectivity index (χ1) is 14.2. The number of rotatable bonds is 3. The molecule has 1 aliphatic heterocycles. The summed E-state index contributed by atoms with van der Waals surface area (Å²) in [5.74, 6) is 0.606. The first-order valence-corrected chi connectivity index (χ1v) is 9.67. The van der Waals surface area contributed by atoms with Crippen molar-refractivity contribution < 1.29 is 9.53 Å². The number of amides is 1. The molecule has 0 saturated carbocycles. The van der Waals surface area contributed by atoms with Crippen LogP contribution in [0, 0.1) is 6.92 Å². The quantitative estimate of drug-likeness (QED) is 0.584. The number of anilines is 2. The molecule has 4 heterocycles. The van der Waals surface area contributed by atoms with Crippen molar-refractivity contribution in [2.24, 2.45) is 0 Å². The van der Waals surface area contributed by atoms with Gasteiger partial charge < -0.3 is 19.4 Å². The summed E-state index contributed by atoms with van der Waals surface area (Å²) in [6.07, 6.45) is 3.49. The number of nitrogens with zero attached hydrogens (tertiary/aromatic N) is 4. The molecule has 3 aromatic heterocycles. The van der Waals surface area contributed by atoms with Crippen LogP contribution < -0.4 is 10.2 Å². The molecule has 1 aromatic carbocycles. The Kier molecular flexibility index (Phi) is 4.37. The Labute approximate surface area is 167 Å². The number of benzene rings is 1. The molecule has 1 aliphatic rings. The van der Waals surface area contributed by atoms with Crippen LogP contribution in [-0.2, 0) is 4.74 Å². The smallest absolute Gasteiger partial charge is 0.258 e. The predicted molar refractivity (Wildman–Crippen MR) is 113 cm³/mol. The Hall–Kier alpha value is -3.45. The third-order valence-corrected chi connectivity index (χ3v) is 5.22. The Bertz CT molecular complexity index is 1210. The molecule has 0 unspecified atom stereocenters. The van der Waals surface area contributed by atoms with Gasteiger partial charge in [0.05, 0.1) is 29.7 Å². The highest BCUT2D eigenvalue weighted by Gasteiger charge is 2.25. The molecule has 1 N–H and O–H groups in total. The van der Waals surface area contributed by atoms with E-state index in [2.05, 4.69) is 20.2 Å². The molecule has 29 heavy (non-hydrogen) atoms. The number of ether oxygens (including phenoxy) is 1.